The zero-order valence-corrected chi connectivity index (χ0v) is 20.8. The Kier molecular flexibility index (Phi) is 7.47. The monoisotopic (exact) mass is 479 g/mol. The highest BCUT2D eigenvalue weighted by Gasteiger charge is 2.25. The fourth-order valence-electron chi connectivity index (χ4n) is 4.94. The van der Waals surface area contributed by atoms with Crippen LogP contribution in [0.1, 0.15) is 48.4 Å². The summed E-state index contributed by atoms with van der Waals surface area (Å²) < 4.78 is 13.2. The zero-order valence-electron chi connectivity index (χ0n) is 20.0. The Morgan fingerprint density at radius 3 is 2.94 bits per heavy atom. The normalized spacial score (nSPS) is 21.1. The summed E-state index contributed by atoms with van der Waals surface area (Å²) >= 11 is 1.73. The Bertz CT molecular complexity index is 1100. The first kappa shape index (κ1) is 23.3. The van der Waals surface area contributed by atoms with Gasteiger partial charge >= 0.3 is 0 Å². The molecular weight excluding hydrogens is 446 g/mol. The van der Waals surface area contributed by atoms with Crippen LogP contribution in [0.2, 0.25) is 0 Å². The summed E-state index contributed by atoms with van der Waals surface area (Å²) in [5.41, 5.74) is 4.56. The van der Waals surface area contributed by atoms with E-state index in [1.807, 2.05) is 41.3 Å². The van der Waals surface area contributed by atoms with E-state index in [4.69, 9.17) is 14.5 Å². The van der Waals surface area contributed by atoms with Crippen LogP contribution in [0.5, 0.6) is 5.75 Å². The van der Waals surface area contributed by atoms with Crippen molar-refractivity contribution in [1.29, 1.82) is 0 Å². The van der Waals surface area contributed by atoms with Gasteiger partial charge in [0.1, 0.15) is 11.4 Å². The largest absolute Gasteiger partial charge is 0.494 e. The Labute approximate surface area is 205 Å². The third kappa shape index (κ3) is 5.45. The van der Waals surface area contributed by atoms with E-state index in [-0.39, 0.29) is 0 Å². The molecule has 2 aliphatic heterocycles. The third-order valence-corrected chi connectivity index (χ3v) is 7.67. The smallest absolute Gasteiger partial charge is 0.187 e. The van der Waals surface area contributed by atoms with E-state index in [0.717, 1.165) is 55.0 Å². The molecular formula is C26H33N5O2S. The molecule has 34 heavy (non-hydrogen) atoms. The van der Waals surface area contributed by atoms with Crippen LogP contribution in [0.25, 0.3) is 5.69 Å². The maximum Gasteiger partial charge on any atom is 0.187 e. The molecule has 0 N–H and O–H groups in total. The number of aryl methyl sites for hydroxylation is 1. The fourth-order valence-corrected chi connectivity index (χ4v) is 5.83. The van der Waals surface area contributed by atoms with E-state index in [1.54, 1.807) is 18.9 Å². The molecule has 0 amide bonds. The number of rotatable bonds is 8. The molecule has 180 valence electrons. The highest BCUT2D eigenvalue weighted by atomic mass is 32.2. The van der Waals surface area contributed by atoms with Crippen LogP contribution >= 0.6 is 11.8 Å². The van der Waals surface area contributed by atoms with Crippen molar-refractivity contribution in [2.45, 2.75) is 56.3 Å². The molecule has 8 heteroatoms. The van der Waals surface area contributed by atoms with Crippen molar-refractivity contribution in [3.05, 3.63) is 59.7 Å². The van der Waals surface area contributed by atoms with Crippen molar-refractivity contribution in [3.63, 3.8) is 0 Å². The fraction of sp³-hybridized carbons (Fsp3) is 0.500. The molecule has 2 saturated heterocycles. The van der Waals surface area contributed by atoms with E-state index < -0.39 is 0 Å². The van der Waals surface area contributed by atoms with Crippen molar-refractivity contribution < 1.29 is 9.47 Å². The number of likely N-dealkylation sites (tertiary alicyclic amines) is 1. The van der Waals surface area contributed by atoms with Gasteiger partial charge in [-0.25, -0.2) is 14.6 Å². The summed E-state index contributed by atoms with van der Waals surface area (Å²) in [5.74, 6) is 2.20. The van der Waals surface area contributed by atoms with Gasteiger partial charge < -0.3 is 9.47 Å². The predicted molar refractivity (Wildman–Crippen MR) is 134 cm³/mol. The first-order chi connectivity index (χ1) is 16.7. The van der Waals surface area contributed by atoms with Crippen molar-refractivity contribution in [1.82, 2.24) is 24.6 Å². The third-order valence-electron chi connectivity index (χ3n) is 6.68. The van der Waals surface area contributed by atoms with E-state index in [0.29, 0.717) is 12.0 Å². The number of piperidine rings is 1. The standard InChI is InChI=1S/C26H33N5O2S/c1-19-13-27-26(34-18-22-8-6-12-33-22)29-25(19)21-7-5-11-30(17-21)15-20-14-28-31(16-20)23-9-3-4-10-24(23)32-2/h3-4,9-10,13-14,16,21-22H,5-8,11-12,15,17-18H2,1-2H3/t21-,22+/m1/s1. The number of aromatic nitrogens is 4. The number of para-hydroxylation sites is 2. The molecule has 3 aromatic rings. The van der Waals surface area contributed by atoms with Gasteiger partial charge in [0.05, 0.1) is 25.1 Å². The Morgan fingerprint density at radius 1 is 1.18 bits per heavy atom. The van der Waals surface area contributed by atoms with Gasteiger partial charge in [0.25, 0.3) is 0 Å². The molecule has 2 aromatic heterocycles. The number of benzene rings is 1. The topological polar surface area (TPSA) is 65.3 Å². The van der Waals surface area contributed by atoms with Crippen LogP contribution in [0.4, 0.5) is 0 Å². The highest BCUT2D eigenvalue weighted by Crippen LogP contribution is 2.30. The molecule has 0 spiro atoms. The van der Waals surface area contributed by atoms with Crippen LogP contribution < -0.4 is 4.74 Å². The summed E-state index contributed by atoms with van der Waals surface area (Å²) in [6, 6.07) is 7.97. The number of ether oxygens (including phenoxy) is 2. The van der Waals surface area contributed by atoms with E-state index in [9.17, 15) is 0 Å². The van der Waals surface area contributed by atoms with E-state index in [1.165, 1.54) is 36.1 Å². The second-order valence-corrected chi connectivity index (χ2v) is 10.2. The molecule has 4 heterocycles. The van der Waals surface area contributed by atoms with Gasteiger partial charge in [0.2, 0.25) is 0 Å². The number of hydrogen-bond donors (Lipinski definition) is 0. The average molecular weight is 480 g/mol. The second kappa shape index (κ2) is 10.9. The van der Waals surface area contributed by atoms with Gasteiger partial charge in [-0.3, -0.25) is 4.90 Å². The zero-order chi connectivity index (χ0) is 23.3. The van der Waals surface area contributed by atoms with Gasteiger partial charge in [-0.1, -0.05) is 23.9 Å². The molecule has 0 radical (unpaired) electrons. The van der Waals surface area contributed by atoms with Gasteiger partial charge in [-0.05, 0) is 56.8 Å². The Hall–Kier alpha value is -2.42. The van der Waals surface area contributed by atoms with E-state index >= 15 is 0 Å². The van der Waals surface area contributed by atoms with Gasteiger partial charge in [-0.2, -0.15) is 5.10 Å². The predicted octanol–water partition coefficient (Wildman–Crippen LogP) is 4.63. The highest BCUT2D eigenvalue weighted by molar-refractivity contribution is 7.99. The molecule has 0 bridgehead atoms. The van der Waals surface area contributed by atoms with E-state index in [2.05, 4.69) is 28.1 Å². The van der Waals surface area contributed by atoms with Gasteiger partial charge in [0.15, 0.2) is 5.16 Å². The number of hydrogen-bond acceptors (Lipinski definition) is 7. The number of nitrogens with zero attached hydrogens (tertiary/aromatic N) is 5. The van der Waals surface area contributed by atoms with Crippen molar-refractivity contribution >= 4 is 11.8 Å². The summed E-state index contributed by atoms with van der Waals surface area (Å²) in [7, 11) is 1.69. The van der Waals surface area contributed by atoms with Crippen molar-refractivity contribution in [2.24, 2.45) is 0 Å². The summed E-state index contributed by atoms with van der Waals surface area (Å²) in [5, 5.41) is 5.47. The lowest BCUT2D eigenvalue weighted by Gasteiger charge is -2.32. The molecule has 5 rings (SSSR count). The SMILES string of the molecule is COc1ccccc1-n1cc(CN2CCC[C@@H](c3nc(SC[C@@H]4CCCO4)ncc3C)C2)cn1. The number of thioether (sulfide) groups is 1. The Morgan fingerprint density at radius 2 is 2.09 bits per heavy atom. The lowest BCUT2D eigenvalue weighted by molar-refractivity contribution is 0.129. The molecule has 2 atom stereocenters. The average Bonchev–Trinajstić information content (AvgIpc) is 3.56. The maximum absolute atomic E-state index is 5.76. The molecule has 7 nitrogen and oxygen atoms in total. The van der Waals surface area contributed by atoms with Gasteiger partial charge in [-0.15, -0.1) is 0 Å². The minimum Gasteiger partial charge on any atom is -0.494 e. The van der Waals surface area contributed by atoms with Crippen LogP contribution in [-0.2, 0) is 11.3 Å². The second-order valence-electron chi connectivity index (χ2n) is 9.21. The number of methoxy groups -OCH3 is 1. The lowest BCUT2D eigenvalue weighted by Crippen LogP contribution is -2.34. The van der Waals surface area contributed by atoms with Crippen LogP contribution in [0, 0.1) is 6.92 Å². The lowest BCUT2D eigenvalue weighted by atomic mass is 9.92. The van der Waals surface area contributed by atoms with Crippen LogP contribution in [0.3, 0.4) is 0 Å². The molecule has 0 aliphatic carbocycles. The first-order valence-corrected chi connectivity index (χ1v) is 13.2. The molecule has 2 fully saturated rings. The van der Waals surface area contributed by atoms with Gasteiger partial charge in [0, 0.05) is 49.3 Å². The minimum atomic E-state index is 0.347. The Balaban J connectivity index is 1.24. The molecule has 0 unspecified atom stereocenters. The summed E-state index contributed by atoms with van der Waals surface area (Å²) in [4.78, 5) is 12.1. The van der Waals surface area contributed by atoms with Crippen LogP contribution in [0.15, 0.2) is 48.0 Å². The molecule has 2 aliphatic rings. The van der Waals surface area contributed by atoms with Crippen molar-refractivity contribution in [3.8, 4) is 11.4 Å². The minimum absolute atomic E-state index is 0.347. The molecule has 0 saturated carbocycles. The van der Waals surface area contributed by atoms with Crippen LogP contribution in [-0.4, -0.2) is 63.3 Å². The summed E-state index contributed by atoms with van der Waals surface area (Å²) in [6.45, 7) is 6.02. The van der Waals surface area contributed by atoms with Crippen molar-refractivity contribution in [2.75, 3.05) is 32.6 Å². The molecule has 1 aromatic carbocycles. The summed E-state index contributed by atoms with van der Waals surface area (Å²) in [6.07, 6.45) is 11.1. The first-order valence-electron chi connectivity index (χ1n) is 12.2. The quantitative estimate of drug-likeness (QED) is 0.345. The maximum atomic E-state index is 5.76.